The van der Waals surface area contributed by atoms with Gasteiger partial charge < -0.3 is 9.15 Å². The predicted octanol–water partition coefficient (Wildman–Crippen LogP) is 2.03. The summed E-state index contributed by atoms with van der Waals surface area (Å²) in [5.74, 6) is 1.17. The van der Waals surface area contributed by atoms with Crippen LogP contribution < -0.4 is 0 Å². The van der Waals surface area contributed by atoms with Crippen molar-refractivity contribution in [2.45, 2.75) is 19.4 Å². The summed E-state index contributed by atoms with van der Waals surface area (Å²) >= 11 is 4.00. The van der Waals surface area contributed by atoms with Crippen LogP contribution in [0, 0.1) is 0 Å². The fourth-order valence-corrected chi connectivity index (χ4v) is 1.00. The summed E-state index contributed by atoms with van der Waals surface area (Å²) in [4.78, 5) is 11.0. The van der Waals surface area contributed by atoms with Gasteiger partial charge in [0.15, 0.2) is 0 Å². The third-order valence-electron chi connectivity index (χ3n) is 1.49. The largest absolute Gasteiger partial charge is 0.466 e. The van der Waals surface area contributed by atoms with Gasteiger partial charge in [0.25, 0.3) is 0 Å². The molecule has 0 atom stereocenters. The van der Waals surface area contributed by atoms with Gasteiger partial charge in [-0.1, -0.05) is 0 Å². The lowest BCUT2D eigenvalue weighted by Crippen LogP contribution is -2.03. The van der Waals surface area contributed by atoms with Gasteiger partial charge in [-0.25, -0.2) is 0 Å². The van der Waals surface area contributed by atoms with Crippen molar-refractivity contribution in [3.8, 4) is 0 Å². The number of hydrogen-bond donors (Lipinski definition) is 1. The van der Waals surface area contributed by atoms with Crippen molar-refractivity contribution in [1.82, 2.24) is 0 Å². The summed E-state index contributed by atoms with van der Waals surface area (Å²) in [6, 6.07) is 3.53. The molecule has 0 fully saturated rings. The molecule has 0 unspecified atom stereocenters. The average Bonchev–Trinajstić information content (AvgIpc) is 2.64. The van der Waals surface area contributed by atoms with Crippen molar-refractivity contribution in [1.29, 1.82) is 0 Å². The molecule has 0 aromatic carbocycles. The Morgan fingerprint density at radius 1 is 1.62 bits per heavy atom. The van der Waals surface area contributed by atoms with E-state index in [1.165, 1.54) is 0 Å². The molecule has 0 aliphatic carbocycles. The van der Waals surface area contributed by atoms with E-state index in [0.717, 1.165) is 6.42 Å². The first-order valence-electron chi connectivity index (χ1n) is 4.12. The second-order valence-electron chi connectivity index (χ2n) is 2.57. The molecule has 0 radical (unpaired) electrons. The van der Waals surface area contributed by atoms with Crippen LogP contribution in [0.15, 0.2) is 22.8 Å². The minimum absolute atomic E-state index is 0.203. The van der Waals surface area contributed by atoms with Crippen LogP contribution in [0.2, 0.25) is 0 Å². The molecule has 0 N–H and O–H groups in total. The van der Waals surface area contributed by atoms with Crippen LogP contribution in [0.3, 0.4) is 0 Å². The zero-order valence-corrected chi connectivity index (χ0v) is 8.13. The molecule has 72 valence electrons. The van der Waals surface area contributed by atoms with Crippen molar-refractivity contribution in [2.24, 2.45) is 0 Å². The van der Waals surface area contributed by atoms with Gasteiger partial charge in [-0.05, 0) is 24.3 Å². The summed E-state index contributed by atoms with van der Waals surface area (Å²) in [5, 5.41) is 0. The minimum Gasteiger partial charge on any atom is -0.466 e. The van der Waals surface area contributed by atoms with Crippen molar-refractivity contribution in [3.05, 3.63) is 24.2 Å². The van der Waals surface area contributed by atoms with Crippen molar-refractivity contribution in [2.75, 3.05) is 5.75 Å². The zero-order valence-electron chi connectivity index (χ0n) is 7.23. The minimum atomic E-state index is -0.203. The molecule has 0 aliphatic rings. The molecule has 0 amide bonds. The summed E-state index contributed by atoms with van der Waals surface area (Å²) < 4.78 is 9.92. The van der Waals surface area contributed by atoms with Crippen LogP contribution in [-0.4, -0.2) is 11.7 Å². The molecule has 4 heteroatoms. The molecule has 1 heterocycles. The van der Waals surface area contributed by atoms with E-state index in [1.807, 2.05) is 0 Å². The highest BCUT2D eigenvalue weighted by atomic mass is 32.1. The highest BCUT2D eigenvalue weighted by Gasteiger charge is 2.03. The summed E-state index contributed by atoms with van der Waals surface area (Å²) in [6.45, 7) is 0.221. The second kappa shape index (κ2) is 5.70. The number of ether oxygens (including phenoxy) is 1. The Bertz CT molecular complexity index is 243. The maximum atomic E-state index is 11.0. The average molecular weight is 200 g/mol. The molecule has 0 spiro atoms. The van der Waals surface area contributed by atoms with E-state index in [0.29, 0.717) is 17.9 Å². The normalized spacial score (nSPS) is 9.92. The Labute approximate surface area is 82.5 Å². The molecule has 1 aromatic heterocycles. The smallest absolute Gasteiger partial charge is 0.306 e. The first kappa shape index (κ1) is 10.2. The first-order chi connectivity index (χ1) is 6.33. The Morgan fingerprint density at radius 2 is 2.46 bits per heavy atom. The van der Waals surface area contributed by atoms with Gasteiger partial charge in [-0.2, -0.15) is 12.6 Å². The predicted molar refractivity (Wildman–Crippen MR) is 51.6 cm³/mol. The Balaban J connectivity index is 2.15. The number of carbonyl (C=O) groups excluding carboxylic acids is 1. The molecule has 0 bridgehead atoms. The summed E-state index contributed by atoms with van der Waals surface area (Å²) in [5.41, 5.74) is 0. The number of rotatable bonds is 5. The highest BCUT2D eigenvalue weighted by Crippen LogP contribution is 2.03. The standard InChI is InChI=1S/C9H12O3S/c10-9(4-2-6-13)12-7-8-3-1-5-11-8/h1,3,5,13H,2,4,6-7H2. The second-order valence-corrected chi connectivity index (χ2v) is 3.01. The molecule has 0 saturated heterocycles. The van der Waals surface area contributed by atoms with Crippen LogP contribution in [0.5, 0.6) is 0 Å². The summed E-state index contributed by atoms with van der Waals surface area (Å²) in [7, 11) is 0. The van der Waals surface area contributed by atoms with E-state index in [9.17, 15) is 4.79 Å². The fourth-order valence-electron chi connectivity index (χ4n) is 0.842. The van der Waals surface area contributed by atoms with E-state index in [-0.39, 0.29) is 12.6 Å². The third-order valence-corrected chi connectivity index (χ3v) is 1.81. The van der Waals surface area contributed by atoms with E-state index in [4.69, 9.17) is 9.15 Å². The highest BCUT2D eigenvalue weighted by molar-refractivity contribution is 7.80. The molecule has 1 aromatic rings. The lowest BCUT2D eigenvalue weighted by atomic mass is 10.3. The molecular weight excluding hydrogens is 188 g/mol. The molecule has 13 heavy (non-hydrogen) atoms. The fraction of sp³-hybridized carbons (Fsp3) is 0.444. The topological polar surface area (TPSA) is 39.4 Å². The number of thiol groups is 1. The first-order valence-corrected chi connectivity index (χ1v) is 4.75. The maximum Gasteiger partial charge on any atom is 0.306 e. The monoisotopic (exact) mass is 200 g/mol. The van der Waals surface area contributed by atoms with E-state index in [1.54, 1.807) is 18.4 Å². The Morgan fingerprint density at radius 3 is 3.08 bits per heavy atom. The number of esters is 1. The van der Waals surface area contributed by atoms with Crippen LogP contribution >= 0.6 is 12.6 Å². The van der Waals surface area contributed by atoms with Gasteiger partial charge in [0.2, 0.25) is 0 Å². The van der Waals surface area contributed by atoms with Gasteiger partial charge in [-0.3, -0.25) is 4.79 Å². The zero-order chi connectivity index (χ0) is 9.52. The Kier molecular flexibility index (Phi) is 4.46. The number of furan rings is 1. The van der Waals surface area contributed by atoms with Crippen molar-refractivity contribution < 1.29 is 13.9 Å². The molecule has 0 aliphatic heterocycles. The van der Waals surface area contributed by atoms with Gasteiger partial charge in [0, 0.05) is 6.42 Å². The van der Waals surface area contributed by atoms with Crippen LogP contribution in [0.4, 0.5) is 0 Å². The lowest BCUT2D eigenvalue weighted by Gasteiger charge is -2.00. The van der Waals surface area contributed by atoms with E-state index in [2.05, 4.69) is 12.6 Å². The van der Waals surface area contributed by atoms with Gasteiger partial charge in [0.05, 0.1) is 6.26 Å². The molecular formula is C9H12O3S. The van der Waals surface area contributed by atoms with Crippen LogP contribution in [0.1, 0.15) is 18.6 Å². The Hall–Kier alpha value is -0.900. The van der Waals surface area contributed by atoms with Crippen molar-refractivity contribution in [3.63, 3.8) is 0 Å². The van der Waals surface area contributed by atoms with Gasteiger partial charge in [-0.15, -0.1) is 0 Å². The molecule has 1 rings (SSSR count). The SMILES string of the molecule is O=C(CCCS)OCc1ccco1. The van der Waals surface area contributed by atoms with Crippen LogP contribution in [-0.2, 0) is 16.1 Å². The van der Waals surface area contributed by atoms with E-state index >= 15 is 0 Å². The third kappa shape index (κ3) is 4.03. The molecule has 3 nitrogen and oxygen atoms in total. The van der Waals surface area contributed by atoms with E-state index < -0.39 is 0 Å². The van der Waals surface area contributed by atoms with Crippen LogP contribution in [0.25, 0.3) is 0 Å². The molecule has 0 saturated carbocycles. The summed E-state index contributed by atoms with van der Waals surface area (Å²) in [6.07, 6.45) is 2.72. The van der Waals surface area contributed by atoms with Gasteiger partial charge >= 0.3 is 5.97 Å². The maximum absolute atomic E-state index is 11.0. The number of carbonyl (C=O) groups is 1. The van der Waals surface area contributed by atoms with Crippen molar-refractivity contribution >= 4 is 18.6 Å². The quantitative estimate of drug-likeness (QED) is 0.584. The van der Waals surface area contributed by atoms with Gasteiger partial charge in [0.1, 0.15) is 12.4 Å². The lowest BCUT2D eigenvalue weighted by molar-refractivity contribution is -0.145. The number of hydrogen-bond acceptors (Lipinski definition) is 4.